The Morgan fingerprint density at radius 3 is 2.83 bits per heavy atom. The summed E-state index contributed by atoms with van der Waals surface area (Å²) in [6.07, 6.45) is 7.46. The van der Waals surface area contributed by atoms with Gasteiger partial charge in [0.1, 0.15) is 5.82 Å². The molecule has 4 heteroatoms. The molecule has 1 aliphatic rings. The summed E-state index contributed by atoms with van der Waals surface area (Å²) in [5, 5.41) is 2.85. The van der Waals surface area contributed by atoms with Crippen LogP contribution in [0, 0.1) is 6.92 Å². The molecule has 1 aromatic rings. The van der Waals surface area contributed by atoms with Gasteiger partial charge in [-0.1, -0.05) is 25.3 Å². The minimum Gasteiger partial charge on any atom is -0.325 e. The molecule has 0 radical (unpaired) electrons. The molecule has 4 nitrogen and oxygen atoms in total. The van der Waals surface area contributed by atoms with Crippen molar-refractivity contribution in [3.8, 4) is 0 Å². The number of rotatable bonds is 3. The third-order valence-corrected chi connectivity index (χ3v) is 3.63. The number of nitrogens with one attached hydrogen (secondary N) is 1. The molecular weight excluding hydrogens is 226 g/mol. The molecule has 1 saturated carbocycles. The third-order valence-electron chi connectivity index (χ3n) is 3.63. The molecular formula is C14H21N3O. The van der Waals surface area contributed by atoms with Crippen molar-refractivity contribution < 1.29 is 4.79 Å². The Labute approximate surface area is 108 Å². The van der Waals surface area contributed by atoms with Gasteiger partial charge in [0.05, 0.1) is 0 Å². The van der Waals surface area contributed by atoms with Gasteiger partial charge in [0.15, 0.2) is 0 Å². The van der Waals surface area contributed by atoms with Crippen LogP contribution in [0.15, 0.2) is 18.3 Å². The van der Waals surface area contributed by atoms with Crippen LogP contribution >= 0.6 is 0 Å². The second-order valence-corrected chi connectivity index (χ2v) is 5.32. The molecule has 0 spiro atoms. The Morgan fingerprint density at radius 2 is 2.17 bits per heavy atom. The molecule has 0 unspecified atom stereocenters. The molecule has 0 bridgehead atoms. The number of carbonyl (C=O) groups is 1. The van der Waals surface area contributed by atoms with E-state index in [4.69, 9.17) is 5.73 Å². The van der Waals surface area contributed by atoms with E-state index in [1.807, 2.05) is 19.1 Å². The number of nitrogens with zero attached hydrogens (tertiary/aromatic N) is 1. The normalized spacial score (nSPS) is 18.3. The fraction of sp³-hybridized carbons (Fsp3) is 0.571. The van der Waals surface area contributed by atoms with Crippen molar-refractivity contribution in [2.75, 3.05) is 5.32 Å². The highest BCUT2D eigenvalue weighted by atomic mass is 16.1. The largest absolute Gasteiger partial charge is 0.325 e. The van der Waals surface area contributed by atoms with E-state index in [1.165, 1.54) is 6.42 Å². The van der Waals surface area contributed by atoms with Crippen molar-refractivity contribution in [3.63, 3.8) is 0 Å². The van der Waals surface area contributed by atoms with Gasteiger partial charge in [-0.05, 0) is 31.4 Å². The van der Waals surface area contributed by atoms with Gasteiger partial charge in [0.25, 0.3) is 0 Å². The van der Waals surface area contributed by atoms with Crippen molar-refractivity contribution in [1.82, 2.24) is 4.98 Å². The first-order valence-electron chi connectivity index (χ1n) is 6.59. The molecule has 1 aromatic heterocycles. The summed E-state index contributed by atoms with van der Waals surface area (Å²) < 4.78 is 0. The van der Waals surface area contributed by atoms with Gasteiger partial charge in [0, 0.05) is 18.2 Å². The van der Waals surface area contributed by atoms with Gasteiger partial charge in [0.2, 0.25) is 5.91 Å². The fourth-order valence-electron chi connectivity index (χ4n) is 2.55. The number of aryl methyl sites for hydroxylation is 1. The number of hydrogen-bond acceptors (Lipinski definition) is 3. The summed E-state index contributed by atoms with van der Waals surface area (Å²) in [7, 11) is 0. The zero-order valence-electron chi connectivity index (χ0n) is 10.9. The highest BCUT2D eigenvalue weighted by Crippen LogP contribution is 2.28. The molecule has 0 aliphatic heterocycles. The highest BCUT2D eigenvalue weighted by molar-refractivity contribution is 5.91. The van der Waals surface area contributed by atoms with Crippen LogP contribution in [-0.4, -0.2) is 16.4 Å². The number of amides is 1. The molecule has 3 N–H and O–H groups in total. The molecule has 18 heavy (non-hydrogen) atoms. The van der Waals surface area contributed by atoms with Crippen LogP contribution in [0.1, 0.15) is 44.1 Å². The third kappa shape index (κ3) is 3.29. The van der Waals surface area contributed by atoms with Gasteiger partial charge < -0.3 is 11.1 Å². The molecule has 2 rings (SSSR count). The lowest BCUT2D eigenvalue weighted by Gasteiger charge is -2.32. The first-order chi connectivity index (χ1) is 8.59. The van der Waals surface area contributed by atoms with Gasteiger partial charge in [-0.2, -0.15) is 0 Å². The monoisotopic (exact) mass is 247 g/mol. The summed E-state index contributed by atoms with van der Waals surface area (Å²) in [5.74, 6) is 0.614. The van der Waals surface area contributed by atoms with E-state index in [0.717, 1.165) is 31.2 Å². The van der Waals surface area contributed by atoms with E-state index in [-0.39, 0.29) is 11.4 Å². The van der Waals surface area contributed by atoms with Crippen molar-refractivity contribution in [3.05, 3.63) is 23.9 Å². The van der Waals surface area contributed by atoms with Crippen molar-refractivity contribution in [2.24, 2.45) is 5.73 Å². The van der Waals surface area contributed by atoms with Crippen LogP contribution in [0.25, 0.3) is 0 Å². The van der Waals surface area contributed by atoms with Crippen LogP contribution in [0.5, 0.6) is 0 Å². The molecule has 0 atom stereocenters. The lowest BCUT2D eigenvalue weighted by molar-refractivity contribution is -0.117. The molecule has 1 fully saturated rings. The molecule has 0 saturated heterocycles. The van der Waals surface area contributed by atoms with Crippen LogP contribution in [-0.2, 0) is 4.79 Å². The summed E-state index contributed by atoms with van der Waals surface area (Å²) >= 11 is 0. The second-order valence-electron chi connectivity index (χ2n) is 5.32. The lowest BCUT2D eigenvalue weighted by Crippen LogP contribution is -2.44. The highest BCUT2D eigenvalue weighted by Gasteiger charge is 2.30. The minimum absolute atomic E-state index is 0.0267. The smallest absolute Gasteiger partial charge is 0.227 e. The Bertz CT molecular complexity index is 425. The summed E-state index contributed by atoms with van der Waals surface area (Å²) in [6.45, 7) is 1.93. The Kier molecular flexibility index (Phi) is 3.97. The summed E-state index contributed by atoms with van der Waals surface area (Å²) in [6, 6.07) is 3.79. The fourth-order valence-corrected chi connectivity index (χ4v) is 2.55. The van der Waals surface area contributed by atoms with E-state index in [1.54, 1.807) is 6.20 Å². The van der Waals surface area contributed by atoms with Crippen LogP contribution in [0.2, 0.25) is 0 Å². The first-order valence-corrected chi connectivity index (χ1v) is 6.59. The van der Waals surface area contributed by atoms with Crippen molar-refractivity contribution >= 4 is 11.7 Å². The quantitative estimate of drug-likeness (QED) is 0.861. The lowest BCUT2D eigenvalue weighted by atomic mass is 9.80. The number of anilines is 1. The average molecular weight is 247 g/mol. The predicted octanol–water partition coefficient (Wildman–Crippen LogP) is 2.38. The van der Waals surface area contributed by atoms with Gasteiger partial charge >= 0.3 is 0 Å². The molecule has 0 aromatic carbocycles. The molecule has 98 valence electrons. The summed E-state index contributed by atoms with van der Waals surface area (Å²) in [5.41, 5.74) is 6.93. The maximum Gasteiger partial charge on any atom is 0.227 e. The van der Waals surface area contributed by atoms with Gasteiger partial charge in [-0.25, -0.2) is 4.98 Å². The van der Waals surface area contributed by atoms with Crippen LogP contribution in [0.3, 0.4) is 0 Å². The van der Waals surface area contributed by atoms with E-state index < -0.39 is 0 Å². The summed E-state index contributed by atoms with van der Waals surface area (Å²) in [4.78, 5) is 16.2. The van der Waals surface area contributed by atoms with E-state index >= 15 is 0 Å². The maximum atomic E-state index is 12.0. The molecule has 1 heterocycles. The van der Waals surface area contributed by atoms with Gasteiger partial charge in [-0.15, -0.1) is 0 Å². The zero-order chi connectivity index (χ0) is 13.0. The SMILES string of the molecule is Cc1cccnc1NC(=O)CC1(N)CCCCC1. The average Bonchev–Trinajstić information content (AvgIpc) is 2.32. The standard InChI is InChI=1S/C14H21N3O/c1-11-6-5-9-16-13(11)17-12(18)10-14(15)7-3-2-4-8-14/h5-6,9H,2-4,7-8,10,15H2,1H3,(H,16,17,18). The Balaban J connectivity index is 1.94. The molecule has 1 amide bonds. The van der Waals surface area contributed by atoms with Crippen LogP contribution < -0.4 is 11.1 Å². The first kappa shape index (κ1) is 13.0. The number of pyridine rings is 1. The Hall–Kier alpha value is -1.42. The number of hydrogen-bond donors (Lipinski definition) is 2. The van der Waals surface area contributed by atoms with Gasteiger partial charge in [-0.3, -0.25) is 4.79 Å². The van der Waals surface area contributed by atoms with Crippen molar-refractivity contribution in [2.45, 2.75) is 51.0 Å². The molecule has 1 aliphatic carbocycles. The Morgan fingerprint density at radius 1 is 1.44 bits per heavy atom. The second kappa shape index (κ2) is 5.48. The van der Waals surface area contributed by atoms with E-state index in [0.29, 0.717) is 12.2 Å². The maximum absolute atomic E-state index is 12.0. The van der Waals surface area contributed by atoms with E-state index in [2.05, 4.69) is 10.3 Å². The van der Waals surface area contributed by atoms with Crippen molar-refractivity contribution in [1.29, 1.82) is 0 Å². The number of carbonyl (C=O) groups excluding carboxylic acids is 1. The number of nitrogens with two attached hydrogens (primary N) is 1. The zero-order valence-corrected chi connectivity index (χ0v) is 10.9. The number of aromatic nitrogens is 1. The van der Waals surface area contributed by atoms with Crippen LogP contribution in [0.4, 0.5) is 5.82 Å². The minimum atomic E-state index is -0.314. The topological polar surface area (TPSA) is 68.0 Å². The van der Waals surface area contributed by atoms with E-state index in [9.17, 15) is 4.79 Å². The predicted molar refractivity (Wildman–Crippen MR) is 72.2 cm³/mol.